The molecule has 1 fully saturated rings. The second-order valence-electron chi connectivity index (χ2n) is 5.73. The van der Waals surface area contributed by atoms with E-state index >= 15 is 0 Å². The van der Waals surface area contributed by atoms with Gasteiger partial charge in [0.15, 0.2) is 0 Å². The van der Waals surface area contributed by atoms with Crippen LogP contribution in [0.3, 0.4) is 0 Å². The highest BCUT2D eigenvalue weighted by Gasteiger charge is 2.26. The van der Waals surface area contributed by atoms with E-state index in [0.29, 0.717) is 6.04 Å². The van der Waals surface area contributed by atoms with Crippen LogP contribution in [0.2, 0.25) is 0 Å². The highest BCUT2D eigenvalue weighted by molar-refractivity contribution is 4.81. The van der Waals surface area contributed by atoms with Crippen molar-refractivity contribution in [2.75, 3.05) is 13.1 Å². The van der Waals surface area contributed by atoms with Gasteiger partial charge in [0, 0.05) is 12.6 Å². The molecule has 0 saturated heterocycles. The van der Waals surface area contributed by atoms with Crippen molar-refractivity contribution in [2.24, 2.45) is 5.92 Å². The molecule has 0 aromatic rings. The Morgan fingerprint density at radius 3 is 2.35 bits per heavy atom. The quantitative estimate of drug-likeness (QED) is 0.797. The van der Waals surface area contributed by atoms with Crippen molar-refractivity contribution in [1.29, 1.82) is 0 Å². The summed E-state index contributed by atoms with van der Waals surface area (Å²) in [7, 11) is 0. The Balaban J connectivity index is 2.56. The summed E-state index contributed by atoms with van der Waals surface area (Å²) in [4.78, 5) is 2.52. The lowest BCUT2D eigenvalue weighted by Crippen LogP contribution is -2.45. The van der Waals surface area contributed by atoms with E-state index in [1.807, 2.05) is 0 Å². The van der Waals surface area contributed by atoms with Crippen LogP contribution in [0.15, 0.2) is 0 Å². The van der Waals surface area contributed by atoms with Gasteiger partial charge in [0.25, 0.3) is 0 Å². The van der Waals surface area contributed by atoms with Gasteiger partial charge in [-0.3, -0.25) is 4.90 Å². The molecular weight excluding hydrogens is 210 g/mol. The molecule has 17 heavy (non-hydrogen) atoms. The van der Waals surface area contributed by atoms with Gasteiger partial charge in [0.05, 0.1) is 6.10 Å². The van der Waals surface area contributed by atoms with Crippen LogP contribution in [0.25, 0.3) is 0 Å². The van der Waals surface area contributed by atoms with Crippen LogP contribution in [0.4, 0.5) is 0 Å². The summed E-state index contributed by atoms with van der Waals surface area (Å²) < 4.78 is 0. The number of rotatable bonds is 5. The molecule has 0 aliphatic heterocycles. The largest absolute Gasteiger partial charge is 0.391 e. The first-order chi connectivity index (χ1) is 8.19. The van der Waals surface area contributed by atoms with Crippen LogP contribution in [0.5, 0.6) is 0 Å². The Morgan fingerprint density at radius 2 is 1.76 bits per heavy atom. The van der Waals surface area contributed by atoms with Gasteiger partial charge in [0.1, 0.15) is 0 Å². The molecule has 0 radical (unpaired) electrons. The standard InChI is InChI=1S/C15H31NO/c1-4-13(3)12-16(5-2)14-10-8-6-7-9-11-15(14)17/h13-15,17H,4-12H2,1-3H3. The van der Waals surface area contributed by atoms with Crippen LogP contribution in [0, 0.1) is 5.92 Å². The van der Waals surface area contributed by atoms with Gasteiger partial charge >= 0.3 is 0 Å². The smallest absolute Gasteiger partial charge is 0.0695 e. The van der Waals surface area contributed by atoms with Gasteiger partial charge in [-0.2, -0.15) is 0 Å². The fourth-order valence-corrected chi connectivity index (χ4v) is 2.90. The number of aliphatic hydroxyl groups is 1. The summed E-state index contributed by atoms with van der Waals surface area (Å²) in [6, 6.07) is 0.411. The van der Waals surface area contributed by atoms with Gasteiger partial charge in [0.2, 0.25) is 0 Å². The molecule has 1 rings (SSSR count). The zero-order valence-corrected chi connectivity index (χ0v) is 12.0. The van der Waals surface area contributed by atoms with Crippen molar-refractivity contribution in [3.05, 3.63) is 0 Å². The monoisotopic (exact) mass is 241 g/mol. The van der Waals surface area contributed by atoms with E-state index in [9.17, 15) is 5.11 Å². The Kier molecular flexibility index (Phi) is 7.14. The Labute approximate surface area is 107 Å². The van der Waals surface area contributed by atoms with Crippen molar-refractivity contribution in [2.45, 2.75) is 77.9 Å². The minimum atomic E-state index is -0.0979. The lowest BCUT2D eigenvalue weighted by Gasteiger charge is -2.36. The van der Waals surface area contributed by atoms with Gasteiger partial charge < -0.3 is 5.11 Å². The molecule has 2 heteroatoms. The second-order valence-corrected chi connectivity index (χ2v) is 5.73. The molecule has 0 spiro atoms. The summed E-state index contributed by atoms with van der Waals surface area (Å²) in [6.45, 7) is 9.03. The zero-order chi connectivity index (χ0) is 12.7. The maximum Gasteiger partial charge on any atom is 0.0695 e. The Morgan fingerprint density at radius 1 is 1.12 bits per heavy atom. The molecule has 0 bridgehead atoms. The third kappa shape index (κ3) is 4.97. The molecule has 0 heterocycles. The number of aliphatic hydroxyl groups excluding tert-OH is 1. The van der Waals surface area contributed by atoms with E-state index in [4.69, 9.17) is 0 Å². The minimum Gasteiger partial charge on any atom is -0.391 e. The van der Waals surface area contributed by atoms with Crippen molar-refractivity contribution < 1.29 is 5.11 Å². The highest BCUT2D eigenvalue weighted by atomic mass is 16.3. The van der Waals surface area contributed by atoms with Gasteiger partial charge in [-0.05, 0) is 25.3 Å². The second kappa shape index (κ2) is 8.10. The topological polar surface area (TPSA) is 23.5 Å². The van der Waals surface area contributed by atoms with Gasteiger partial charge in [-0.1, -0.05) is 52.9 Å². The fourth-order valence-electron chi connectivity index (χ4n) is 2.90. The molecule has 3 unspecified atom stereocenters. The van der Waals surface area contributed by atoms with E-state index in [0.717, 1.165) is 25.4 Å². The molecule has 1 N–H and O–H groups in total. The van der Waals surface area contributed by atoms with E-state index in [2.05, 4.69) is 25.7 Å². The van der Waals surface area contributed by atoms with Crippen molar-refractivity contribution in [1.82, 2.24) is 4.90 Å². The highest BCUT2D eigenvalue weighted by Crippen LogP contribution is 2.23. The minimum absolute atomic E-state index is 0.0979. The van der Waals surface area contributed by atoms with Crippen LogP contribution in [-0.4, -0.2) is 35.2 Å². The SMILES string of the molecule is CCC(C)CN(CC)C1CCCCCCC1O. The fraction of sp³-hybridized carbons (Fsp3) is 1.00. The van der Waals surface area contributed by atoms with E-state index in [1.54, 1.807) is 0 Å². The summed E-state index contributed by atoms with van der Waals surface area (Å²) in [6.07, 6.45) is 8.48. The molecule has 0 aromatic heterocycles. The average molecular weight is 241 g/mol. The maximum atomic E-state index is 10.3. The van der Waals surface area contributed by atoms with E-state index in [-0.39, 0.29) is 6.10 Å². The molecule has 102 valence electrons. The number of likely N-dealkylation sites (N-methyl/N-ethyl adjacent to an activating group) is 1. The van der Waals surface area contributed by atoms with Gasteiger partial charge in [-0.25, -0.2) is 0 Å². The predicted molar refractivity (Wildman–Crippen MR) is 74.2 cm³/mol. The van der Waals surface area contributed by atoms with Crippen LogP contribution >= 0.6 is 0 Å². The number of hydrogen-bond donors (Lipinski definition) is 1. The normalized spacial score (nSPS) is 28.8. The molecule has 3 atom stereocenters. The molecular formula is C15H31NO. The molecule has 2 nitrogen and oxygen atoms in total. The lowest BCUT2D eigenvalue weighted by atomic mass is 9.92. The first kappa shape index (κ1) is 15.0. The third-order valence-corrected chi connectivity index (χ3v) is 4.31. The van der Waals surface area contributed by atoms with Crippen molar-refractivity contribution in [3.63, 3.8) is 0 Å². The van der Waals surface area contributed by atoms with Gasteiger partial charge in [-0.15, -0.1) is 0 Å². The molecule has 1 aliphatic carbocycles. The summed E-state index contributed by atoms with van der Waals surface area (Å²) >= 11 is 0. The Bertz CT molecular complexity index is 195. The number of nitrogens with zero attached hydrogens (tertiary/aromatic N) is 1. The molecule has 0 amide bonds. The van der Waals surface area contributed by atoms with Crippen molar-refractivity contribution >= 4 is 0 Å². The summed E-state index contributed by atoms with van der Waals surface area (Å²) in [5, 5.41) is 10.3. The zero-order valence-electron chi connectivity index (χ0n) is 12.0. The van der Waals surface area contributed by atoms with E-state index in [1.165, 1.54) is 38.5 Å². The molecule has 0 aromatic carbocycles. The van der Waals surface area contributed by atoms with Crippen molar-refractivity contribution in [3.8, 4) is 0 Å². The van der Waals surface area contributed by atoms with Crippen LogP contribution in [-0.2, 0) is 0 Å². The maximum absolute atomic E-state index is 10.3. The van der Waals surface area contributed by atoms with Crippen LogP contribution in [0.1, 0.15) is 65.7 Å². The first-order valence-corrected chi connectivity index (χ1v) is 7.61. The first-order valence-electron chi connectivity index (χ1n) is 7.61. The summed E-state index contributed by atoms with van der Waals surface area (Å²) in [5.41, 5.74) is 0. The molecule has 1 saturated carbocycles. The lowest BCUT2D eigenvalue weighted by molar-refractivity contribution is 0.0269. The van der Waals surface area contributed by atoms with Crippen LogP contribution < -0.4 is 0 Å². The molecule has 1 aliphatic rings. The Hall–Kier alpha value is -0.0800. The number of hydrogen-bond acceptors (Lipinski definition) is 2. The van der Waals surface area contributed by atoms with E-state index < -0.39 is 0 Å². The predicted octanol–water partition coefficient (Wildman–Crippen LogP) is 3.44. The summed E-state index contributed by atoms with van der Waals surface area (Å²) in [5.74, 6) is 0.743. The third-order valence-electron chi connectivity index (χ3n) is 4.31. The average Bonchev–Trinajstić information content (AvgIpc) is 2.32.